The molecule has 3 atom stereocenters. The van der Waals surface area contributed by atoms with Crippen molar-refractivity contribution in [1.82, 2.24) is 29.7 Å². The first-order chi connectivity index (χ1) is 17.2. The van der Waals surface area contributed by atoms with Crippen LogP contribution >= 0.6 is 11.6 Å². The molecule has 0 bridgehead atoms. The van der Waals surface area contributed by atoms with Gasteiger partial charge in [0.05, 0.1) is 24.8 Å². The number of hydrogen-bond acceptors (Lipinski definition) is 10. The van der Waals surface area contributed by atoms with Crippen molar-refractivity contribution in [2.24, 2.45) is 0 Å². The van der Waals surface area contributed by atoms with Crippen LogP contribution in [0.25, 0.3) is 11.5 Å². The van der Waals surface area contributed by atoms with Crippen molar-refractivity contribution < 1.29 is 22.6 Å². The Bertz CT molecular complexity index is 1240. The first-order valence-electron chi connectivity index (χ1n) is 11.3. The molecule has 1 N–H and O–H groups in total. The summed E-state index contributed by atoms with van der Waals surface area (Å²) in [5.74, 6) is 0.957. The number of nitrogens with one attached hydrogen (secondary N) is 1. The molecule has 3 heterocycles. The number of sulfonamides is 1. The SMILES string of the molecule is CCCO[C@@H](c1ncc(Cl)cn1)[C@H](C)S(=O)(=O)Nc1nnc(-c2cccc(OC)n2)n1[C@H](C)COC. The van der Waals surface area contributed by atoms with E-state index in [1.807, 2.05) is 13.8 Å². The van der Waals surface area contributed by atoms with E-state index in [2.05, 4.69) is 29.9 Å². The van der Waals surface area contributed by atoms with Crippen LogP contribution in [0.3, 0.4) is 0 Å². The molecule has 0 spiro atoms. The van der Waals surface area contributed by atoms with Gasteiger partial charge in [0, 0.05) is 32.2 Å². The van der Waals surface area contributed by atoms with Crippen LogP contribution in [0.15, 0.2) is 30.6 Å². The van der Waals surface area contributed by atoms with Crippen LogP contribution in [0.5, 0.6) is 5.88 Å². The third-order valence-electron chi connectivity index (χ3n) is 5.25. The van der Waals surface area contributed by atoms with Gasteiger partial charge >= 0.3 is 0 Å². The summed E-state index contributed by atoms with van der Waals surface area (Å²) >= 11 is 5.90. The van der Waals surface area contributed by atoms with Crippen molar-refractivity contribution in [3.63, 3.8) is 0 Å². The lowest BCUT2D eigenvalue weighted by Crippen LogP contribution is -2.34. The molecule has 0 unspecified atom stereocenters. The summed E-state index contributed by atoms with van der Waals surface area (Å²) in [5.41, 5.74) is 0.460. The molecule has 0 saturated carbocycles. The van der Waals surface area contributed by atoms with Crippen molar-refractivity contribution in [3.05, 3.63) is 41.4 Å². The Hall–Kier alpha value is -2.87. The van der Waals surface area contributed by atoms with E-state index in [0.29, 0.717) is 35.4 Å². The topological polar surface area (TPSA) is 143 Å². The highest BCUT2D eigenvalue weighted by atomic mass is 35.5. The monoisotopic (exact) mass is 539 g/mol. The zero-order valence-corrected chi connectivity index (χ0v) is 22.3. The van der Waals surface area contributed by atoms with Crippen LogP contribution < -0.4 is 9.46 Å². The van der Waals surface area contributed by atoms with Crippen LogP contribution in [-0.2, 0) is 19.5 Å². The number of ether oxygens (including phenoxy) is 3. The number of hydrogen-bond donors (Lipinski definition) is 1. The quantitative estimate of drug-likeness (QED) is 0.343. The van der Waals surface area contributed by atoms with Gasteiger partial charge in [-0.2, -0.15) is 0 Å². The van der Waals surface area contributed by atoms with Crippen molar-refractivity contribution in [2.45, 2.75) is 44.6 Å². The van der Waals surface area contributed by atoms with Gasteiger partial charge in [0.25, 0.3) is 0 Å². The molecule has 0 saturated heterocycles. The summed E-state index contributed by atoms with van der Waals surface area (Å²) in [7, 11) is -0.991. The molecule has 0 aromatic carbocycles. The molecule has 3 rings (SSSR count). The zero-order chi connectivity index (χ0) is 26.3. The molecule has 0 radical (unpaired) electrons. The van der Waals surface area contributed by atoms with E-state index in [-0.39, 0.29) is 24.4 Å². The summed E-state index contributed by atoms with van der Waals surface area (Å²) in [4.78, 5) is 12.8. The van der Waals surface area contributed by atoms with Gasteiger partial charge in [-0.15, -0.1) is 10.2 Å². The lowest BCUT2D eigenvalue weighted by atomic mass is 10.2. The third-order valence-corrected chi connectivity index (χ3v) is 7.14. The second-order valence-electron chi connectivity index (χ2n) is 7.99. The number of rotatable bonds is 13. The molecule has 14 heteroatoms. The van der Waals surface area contributed by atoms with Gasteiger partial charge in [0.2, 0.25) is 21.9 Å². The van der Waals surface area contributed by atoms with Crippen LogP contribution in [0.4, 0.5) is 5.95 Å². The lowest BCUT2D eigenvalue weighted by molar-refractivity contribution is 0.0466. The van der Waals surface area contributed by atoms with Gasteiger partial charge in [-0.3, -0.25) is 9.29 Å². The maximum atomic E-state index is 13.5. The number of anilines is 1. The standard InChI is InChI=1S/C22H30ClN7O5S/c1-6-10-35-19(20-24-11-16(23)12-25-20)15(3)36(31,32)29-22-28-27-21(30(22)14(2)13-33-4)17-8-7-9-18(26-17)34-5/h7-9,11-12,14-15,19H,6,10,13H2,1-5H3,(H,28,29)/t14-,15+,19-/m1/s1. The summed E-state index contributed by atoms with van der Waals surface area (Å²) in [6.45, 7) is 5.89. The highest BCUT2D eigenvalue weighted by Gasteiger charge is 2.35. The maximum Gasteiger partial charge on any atom is 0.240 e. The predicted octanol–water partition coefficient (Wildman–Crippen LogP) is 3.30. The first kappa shape index (κ1) is 27.7. The van der Waals surface area contributed by atoms with Crippen LogP contribution in [-0.4, -0.2) is 70.8 Å². The highest BCUT2D eigenvalue weighted by Crippen LogP contribution is 2.29. The number of halogens is 1. The van der Waals surface area contributed by atoms with E-state index in [1.54, 1.807) is 29.9 Å². The van der Waals surface area contributed by atoms with Gasteiger partial charge in [-0.05, 0) is 26.3 Å². The second kappa shape index (κ2) is 12.4. The van der Waals surface area contributed by atoms with Crippen LogP contribution in [0.1, 0.15) is 45.2 Å². The number of methoxy groups -OCH3 is 2. The first-order valence-corrected chi connectivity index (χ1v) is 13.2. The molecule has 0 fully saturated rings. The fraction of sp³-hybridized carbons (Fsp3) is 0.500. The fourth-order valence-corrected chi connectivity index (χ4v) is 4.64. The van der Waals surface area contributed by atoms with E-state index in [1.165, 1.54) is 26.4 Å². The Morgan fingerprint density at radius 2 is 1.86 bits per heavy atom. The fourth-order valence-electron chi connectivity index (χ4n) is 3.44. The van der Waals surface area contributed by atoms with Gasteiger partial charge in [-0.25, -0.2) is 23.4 Å². The van der Waals surface area contributed by atoms with Gasteiger partial charge in [0.1, 0.15) is 17.0 Å². The molecule has 3 aromatic heterocycles. The predicted molar refractivity (Wildman–Crippen MR) is 134 cm³/mol. The summed E-state index contributed by atoms with van der Waals surface area (Å²) in [6, 6.07) is 4.86. The summed E-state index contributed by atoms with van der Waals surface area (Å²) in [6.07, 6.45) is 2.54. The molecule has 12 nitrogen and oxygen atoms in total. The van der Waals surface area contributed by atoms with Crippen molar-refractivity contribution >= 4 is 27.6 Å². The molecular weight excluding hydrogens is 510 g/mol. The molecule has 0 aliphatic carbocycles. The maximum absolute atomic E-state index is 13.5. The van der Waals surface area contributed by atoms with Gasteiger partial charge in [-0.1, -0.05) is 24.6 Å². The number of pyridine rings is 1. The minimum atomic E-state index is -4.05. The zero-order valence-electron chi connectivity index (χ0n) is 20.8. The average Bonchev–Trinajstić information content (AvgIpc) is 3.28. The summed E-state index contributed by atoms with van der Waals surface area (Å²) < 4.78 is 47.6. The lowest BCUT2D eigenvalue weighted by Gasteiger charge is -2.24. The molecule has 196 valence electrons. The molecule has 3 aromatic rings. The minimum Gasteiger partial charge on any atom is -0.481 e. The number of nitrogens with zero attached hydrogens (tertiary/aromatic N) is 6. The smallest absolute Gasteiger partial charge is 0.240 e. The van der Waals surface area contributed by atoms with Crippen LogP contribution in [0, 0.1) is 0 Å². The molecule has 0 amide bonds. The summed E-state index contributed by atoms with van der Waals surface area (Å²) in [5, 5.41) is 7.59. The highest BCUT2D eigenvalue weighted by molar-refractivity contribution is 7.93. The van der Waals surface area contributed by atoms with Crippen molar-refractivity contribution in [2.75, 3.05) is 32.2 Å². The average molecular weight is 540 g/mol. The Morgan fingerprint density at radius 3 is 2.50 bits per heavy atom. The van der Waals surface area contributed by atoms with E-state index in [9.17, 15) is 8.42 Å². The Morgan fingerprint density at radius 1 is 1.14 bits per heavy atom. The van der Waals surface area contributed by atoms with E-state index >= 15 is 0 Å². The third kappa shape index (κ3) is 6.46. The molecule has 0 aliphatic rings. The van der Waals surface area contributed by atoms with Gasteiger partial charge in [0.15, 0.2) is 11.6 Å². The molecule has 0 aliphatic heterocycles. The minimum absolute atomic E-state index is 0.0114. The molecule has 36 heavy (non-hydrogen) atoms. The number of aromatic nitrogens is 6. The van der Waals surface area contributed by atoms with Crippen molar-refractivity contribution in [1.29, 1.82) is 0 Å². The normalized spacial score (nSPS) is 14.3. The van der Waals surface area contributed by atoms with Crippen molar-refractivity contribution in [3.8, 4) is 17.4 Å². The van der Waals surface area contributed by atoms with E-state index < -0.39 is 21.4 Å². The van der Waals surface area contributed by atoms with E-state index in [0.717, 1.165) is 0 Å². The Labute approximate surface area is 215 Å². The largest absolute Gasteiger partial charge is 0.481 e. The Balaban J connectivity index is 1.98. The molecular formula is C22H30ClN7O5S. The van der Waals surface area contributed by atoms with Gasteiger partial charge < -0.3 is 14.2 Å². The van der Waals surface area contributed by atoms with E-state index in [4.69, 9.17) is 25.8 Å². The van der Waals surface area contributed by atoms with Crippen LogP contribution in [0.2, 0.25) is 5.02 Å². The second-order valence-corrected chi connectivity index (χ2v) is 10.5. The Kier molecular flexibility index (Phi) is 9.54.